The van der Waals surface area contributed by atoms with Crippen LogP contribution in [0, 0.1) is 28.6 Å². The zero-order valence-electron chi connectivity index (χ0n) is 21.3. The summed E-state index contributed by atoms with van der Waals surface area (Å²) in [5.41, 5.74) is -4.27. The van der Waals surface area contributed by atoms with Crippen LogP contribution in [0.4, 0.5) is 0 Å². The Morgan fingerprint density at radius 2 is 1.71 bits per heavy atom. The molecular formula is C27H44O7. The lowest BCUT2D eigenvalue weighted by Crippen LogP contribution is -2.62. The Kier molecular flexibility index (Phi) is 6.24. The van der Waals surface area contributed by atoms with E-state index in [0.717, 1.165) is 0 Å². The summed E-state index contributed by atoms with van der Waals surface area (Å²) in [6.45, 7) is 8.96. The van der Waals surface area contributed by atoms with Crippen molar-refractivity contribution in [3.63, 3.8) is 0 Å². The Hall–Kier alpha value is -0.830. The van der Waals surface area contributed by atoms with Gasteiger partial charge in [0, 0.05) is 11.3 Å². The Labute approximate surface area is 202 Å². The van der Waals surface area contributed by atoms with Crippen LogP contribution < -0.4 is 0 Å². The molecule has 10 atom stereocenters. The number of carbonyl (C=O) groups excluding carboxylic acids is 1. The van der Waals surface area contributed by atoms with Gasteiger partial charge in [-0.25, -0.2) is 0 Å². The minimum absolute atomic E-state index is 0.0840. The molecule has 3 unspecified atom stereocenters. The number of ketones is 1. The summed E-state index contributed by atoms with van der Waals surface area (Å²) in [6, 6.07) is 0. The molecule has 34 heavy (non-hydrogen) atoms. The van der Waals surface area contributed by atoms with Crippen molar-refractivity contribution in [2.75, 3.05) is 0 Å². The molecule has 4 rings (SSSR count). The van der Waals surface area contributed by atoms with E-state index < -0.39 is 45.9 Å². The van der Waals surface area contributed by atoms with Crippen LogP contribution >= 0.6 is 0 Å². The summed E-state index contributed by atoms with van der Waals surface area (Å²) < 4.78 is 0. The van der Waals surface area contributed by atoms with E-state index in [4.69, 9.17) is 0 Å². The summed E-state index contributed by atoms with van der Waals surface area (Å²) in [5.74, 6) is -0.948. The molecule has 0 bridgehead atoms. The van der Waals surface area contributed by atoms with Crippen LogP contribution in [-0.4, -0.2) is 71.5 Å². The average Bonchev–Trinajstić information content (AvgIpc) is 3.00. The van der Waals surface area contributed by atoms with Crippen LogP contribution in [0.3, 0.4) is 0 Å². The highest BCUT2D eigenvalue weighted by atomic mass is 16.3. The molecule has 0 amide bonds. The number of fused-ring (bicyclic) bond motifs is 5. The number of rotatable bonds is 5. The van der Waals surface area contributed by atoms with Crippen molar-refractivity contribution in [2.24, 2.45) is 28.6 Å². The zero-order valence-corrected chi connectivity index (χ0v) is 21.3. The maximum atomic E-state index is 13.2. The number of aliphatic hydroxyl groups excluding tert-OH is 3. The van der Waals surface area contributed by atoms with E-state index in [-0.39, 0.29) is 36.4 Å². The van der Waals surface area contributed by atoms with Gasteiger partial charge in [0.05, 0.1) is 35.1 Å². The quantitative estimate of drug-likeness (QED) is 0.353. The molecule has 0 heterocycles. The Morgan fingerprint density at radius 3 is 2.32 bits per heavy atom. The van der Waals surface area contributed by atoms with Crippen LogP contribution in [0.2, 0.25) is 0 Å². The molecule has 6 N–H and O–H groups in total. The van der Waals surface area contributed by atoms with Crippen molar-refractivity contribution in [1.82, 2.24) is 0 Å². The van der Waals surface area contributed by atoms with E-state index in [2.05, 4.69) is 0 Å². The van der Waals surface area contributed by atoms with E-state index in [1.165, 1.54) is 0 Å². The Morgan fingerprint density at radius 1 is 1.06 bits per heavy atom. The highest BCUT2D eigenvalue weighted by Crippen LogP contribution is 2.68. The summed E-state index contributed by atoms with van der Waals surface area (Å²) in [7, 11) is 0. The summed E-state index contributed by atoms with van der Waals surface area (Å²) in [4.78, 5) is 13.2. The van der Waals surface area contributed by atoms with E-state index >= 15 is 0 Å². The molecule has 0 aromatic heterocycles. The van der Waals surface area contributed by atoms with Gasteiger partial charge < -0.3 is 30.6 Å². The van der Waals surface area contributed by atoms with E-state index in [1.807, 2.05) is 13.8 Å². The second kappa shape index (κ2) is 8.09. The fourth-order valence-corrected chi connectivity index (χ4v) is 8.32. The van der Waals surface area contributed by atoms with Crippen LogP contribution in [0.15, 0.2) is 11.6 Å². The molecule has 194 valence electrons. The highest BCUT2D eigenvalue weighted by molar-refractivity contribution is 5.95. The van der Waals surface area contributed by atoms with E-state index in [9.17, 15) is 35.4 Å². The van der Waals surface area contributed by atoms with Gasteiger partial charge in [0.25, 0.3) is 0 Å². The summed E-state index contributed by atoms with van der Waals surface area (Å²) in [6.07, 6.45) is 2.11. The standard InChI is InChI=1S/C27H44O7/c1-23(2,32)9-8-22(31)26(5,33)21-7-11-27(34)16-12-18(28)17-13-19(29)20(30)14-24(17,3)15(16)6-10-25(21,27)4/h12,15,17,19-22,29-34H,6-11,13-14H2,1-5H3/t15?,17?,19-,20+,21?,22-,24-,25-,26-,27-/m1/s1. The smallest absolute Gasteiger partial charge is 0.159 e. The normalized spacial score (nSPS) is 47.2. The van der Waals surface area contributed by atoms with Crippen LogP contribution in [0.5, 0.6) is 0 Å². The van der Waals surface area contributed by atoms with Gasteiger partial charge in [0.1, 0.15) is 0 Å². The summed E-state index contributed by atoms with van der Waals surface area (Å²) in [5, 5.41) is 65.5. The SMILES string of the molecule is CC(C)(O)CC[C@@H](O)[C@](C)(O)C1CC[C@@]2(O)C3=CC(=O)C4C[C@@H](O)[C@@H](O)C[C@]4(C)C3CC[C@]12C. The second-order valence-corrected chi connectivity index (χ2v) is 13.2. The van der Waals surface area contributed by atoms with Gasteiger partial charge in [0.15, 0.2) is 5.78 Å². The van der Waals surface area contributed by atoms with Crippen LogP contribution in [0.25, 0.3) is 0 Å². The first-order chi connectivity index (χ1) is 15.5. The van der Waals surface area contributed by atoms with Gasteiger partial charge in [-0.05, 0) is 101 Å². The first-order valence-corrected chi connectivity index (χ1v) is 12.9. The Bertz CT molecular complexity index is 860. The lowest BCUT2D eigenvalue weighted by molar-refractivity contribution is -0.177. The topological polar surface area (TPSA) is 138 Å². The average molecular weight is 481 g/mol. The molecule has 4 aliphatic carbocycles. The monoisotopic (exact) mass is 480 g/mol. The first-order valence-electron chi connectivity index (χ1n) is 12.9. The fourth-order valence-electron chi connectivity index (χ4n) is 8.32. The maximum Gasteiger partial charge on any atom is 0.159 e. The van der Waals surface area contributed by atoms with E-state index in [0.29, 0.717) is 44.1 Å². The van der Waals surface area contributed by atoms with Gasteiger partial charge in [0.2, 0.25) is 0 Å². The minimum Gasteiger partial charge on any atom is -0.390 e. The molecular weight excluding hydrogens is 436 g/mol. The van der Waals surface area contributed by atoms with Crippen LogP contribution in [0.1, 0.15) is 86.0 Å². The Balaban J connectivity index is 1.66. The number of allylic oxidation sites excluding steroid dienone is 1. The molecule has 0 saturated heterocycles. The molecule has 0 radical (unpaired) electrons. The predicted molar refractivity (Wildman–Crippen MR) is 127 cm³/mol. The second-order valence-electron chi connectivity index (χ2n) is 13.2. The van der Waals surface area contributed by atoms with Gasteiger partial charge in [-0.15, -0.1) is 0 Å². The lowest BCUT2D eigenvalue weighted by atomic mass is 9.45. The van der Waals surface area contributed by atoms with E-state index in [1.54, 1.807) is 26.8 Å². The molecule has 0 spiro atoms. The molecule has 0 aromatic carbocycles. The fraction of sp³-hybridized carbons (Fsp3) is 0.889. The molecule has 3 saturated carbocycles. The van der Waals surface area contributed by atoms with Crippen molar-refractivity contribution < 1.29 is 35.4 Å². The van der Waals surface area contributed by atoms with Crippen molar-refractivity contribution >= 4 is 5.78 Å². The third kappa shape index (κ3) is 3.73. The molecule has 3 fully saturated rings. The number of aliphatic hydroxyl groups is 6. The predicted octanol–water partition coefficient (Wildman–Crippen LogP) is 1.85. The van der Waals surface area contributed by atoms with Crippen LogP contribution in [-0.2, 0) is 4.79 Å². The number of carbonyl (C=O) groups is 1. The largest absolute Gasteiger partial charge is 0.390 e. The number of hydrogen-bond acceptors (Lipinski definition) is 7. The minimum atomic E-state index is -1.46. The van der Waals surface area contributed by atoms with Crippen molar-refractivity contribution in [3.8, 4) is 0 Å². The van der Waals surface area contributed by atoms with Crippen molar-refractivity contribution in [1.29, 1.82) is 0 Å². The third-order valence-electron chi connectivity index (χ3n) is 10.5. The van der Waals surface area contributed by atoms with Gasteiger partial charge in [-0.1, -0.05) is 13.8 Å². The molecule has 0 aliphatic heterocycles. The maximum absolute atomic E-state index is 13.2. The number of hydrogen-bond donors (Lipinski definition) is 6. The van der Waals surface area contributed by atoms with Gasteiger partial charge in [-0.3, -0.25) is 4.79 Å². The highest BCUT2D eigenvalue weighted by Gasteiger charge is 2.69. The van der Waals surface area contributed by atoms with Gasteiger partial charge >= 0.3 is 0 Å². The third-order valence-corrected chi connectivity index (χ3v) is 10.5. The molecule has 4 aliphatic rings. The first kappa shape index (κ1) is 26.2. The zero-order chi connectivity index (χ0) is 25.5. The molecule has 7 heteroatoms. The summed E-state index contributed by atoms with van der Waals surface area (Å²) >= 11 is 0. The van der Waals surface area contributed by atoms with Crippen molar-refractivity contribution in [2.45, 2.75) is 121 Å². The van der Waals surface area contributed by atoms with Gasteiger partial charge in [-0.2, -0.15) is 0 Å². The molecule has 7 nitrogen and oxygen atoms in total. The lowest BCUT2D eigenvalue weighted by Gasteiger charge is -2.60. The van der Waals surface area contributed by atoms with Crippen molar-refractivity contribution in [3.05, 3.63) is 11.6 Å². The molecule has 0 aromatic rings.